The number of carbonyl (C=O) groups is 2. The molecule has 0 fully saturated rings. The number of amides is 2. The van der Waals surface area contributed by atoms with Gasteiger partial charge in [0.2, 0.25) is 6.41 Å². The molecule has 2 aromatic rings. The summed E-state index contributed by atoms with van der Waals surface area (Å²) < 4.78 is 27.6. The van der Waals surface area contributed by atoms with Gasteiger partial charge in [0.15, 0.2) is 5.82 Å². The molecule has 0 saturated carbocycles. The molecule has 0 atom stereocenters. The van der Waals surface area contributed by atoms with Crippen LogP contribution in [0.3, 0.4) is 0 Å². The molecule has 2 amide bonds. The Balaban J connectivity index is 2.59. The van der Waals surface area contributed by atoms with E-state index in [9.17, 15) is 23.5 Å². The Morgan fingerprint density at radius 2 is 1.75 bits per heavy atom. The van der Waals surface area contributed by atoms with Crippen molar-refractivity contribution in [3.8, 4) is 0 Å². The lowest BCUT2D eigenvalue weighted by Crippen LogP contribution is -2.40. The van der Waals surface area contributed by atoms with Crippen LogP contribution in [0.2, 0.25) is 5.02 Å². The fourth-order valence-corrected chi connectivity index (χ4v) is 3.76. The van der Waals surface area contributed by atoms with Crippen molar-refractivity contribution in [1.29, 1.82) is 0 Å². The summed E-state index contributed by atoms with van der Waals surface area (Å²) in [5.41, 5.74) is 1.32. The lowest BCUT2D eigenvalue weighted by molar-refractivity contribution is -0.128. The monoisotopic (exact) mass is 520 g/mol. The Hall–Kier alpha value is -3.30. The zero-order valence-electron chi connectivity index (χ0n) is 20.5. The van der Waals surface area contributed by atoms with Gasteiger partial charge in [-0.05, 0) is 61.9 Å². The van der Waals surface area contributed by atoms with Crippen LogP contribution in [0, 0.1) is 11.6 Å². The zero-order valence-corrected chi connectivity index (χ0v) is 21.2. The van der Waals surface area contributed by atoms with E-state index in [-0.39, 0.29) is 50.7 Å². The second-order valence-electron chi connectivity index (χ2n) is 8.10. The van der Waals surface area contributed by atoms with Crippen LogP contribution >= 0.6 is 11.6 Å². The van der Waals surface area contributed by atoms with Crippen LogP contribution in [-0.4, -0.2) is 72.1 Å². The summed E-state index contributed by atoms with van der Waals surface area (Å²) in [6, 6.07) is 10.3. The van der Waals surface area contributed by atoms with Gasteiger partial charge in [0, 0.05) is 50.9 Å². The third-order valence-electron chi connectivity index (χ3n) is 5.50. The third kappa shape index (κ3) is 8.13. The minimum Gasteiger partial charge on any atom is -0.396 e. The smallest absolute Gasteiger partial charge is 0.273 e. The van der Waals surface area contributed by atoms with Crippen LogP contribution in [0.1, 0.15) is 24.5 Å². The molecule has 0 aliphatic heterocycles. The number of nitrogens with zero attached hydrogens (tertiary/aromatic N) is 4. The fraction of sp³-hybridized carbons (Fsp3) is 0.346. The van der Waals surface area contributed by atoms with Gasteiger partial charge in [0.05, 0.1) is 0 Å². The molecule has 0 saturated heterocycles. The molecule has 0 aliphatic carbocycles. The average Bonchev–Trinajstić information content (AvgIpc) is 2.85. The van der Waals surface area contributed by atoms with Crippen molar-refractivity contribution in [2.24, 2.45) is 4.99 Å². The van der Waals surface area contributed by atoms with Crippen molar-refractivity contribution in [3.63, 3.8) is 0 Å². The predicted octanol–water partition coefficient (Wildman–Crippen LogP) is 3.85. The van der Waals surface area contributed by atoms with E-state index >= 15 is 0 Å². The van der Waals surface area contributed by atoms with E-state index in [2.05, 4.69) is 11.7 Å². The van der Waals surface area contributed by atoms with Gasteiger partial charge in [0.25, 0.3) is 5.91 Å². The van der Waals surface area contributed by atoms with Gasteiger partial charge in [-0.25, -0.2) is 13.8 Å². The van der Waals surface area contributed by atoms with Gasteiger partial charge in [-0.2, -0.15) is 0 Å². The molecular formula is C26H31ClF2N4O3. The zero-order chi connectivity index (χ0) is 26.7. The number of aliphatic hydroxyl groups is 1. The number of aliphatic hydroxyl groups excluding tert-OH is 1. The van der Waals surface area contributed by atoms with Crippen LogP contribution in [0.15, 0.2) is 59.0 Å². The van der Waals surface area contributed by atoms with E-state index in [4.69, 9.17) is 11.6 Å². The first-order valence-electron chi connectivity index (χ1n) is 11.5. The summed E-state index contributed by atoms with van der Waals surface area (Å²) in [6.07, 6.45) is 1.13. The molecule has 0 heterocycles. The minimum absolute atomic E-state index is 0.0627. The highest BCUT2D eigenvalue weighted by molar-refractivity contribution is 6.30. The molecule has 194 valence electrons. The minimum atomic E-state index is -0.698. The lowest BCUT2D eigenvalue weighted by atomic mass is 10.1. The Morgan fingerprint density at radius 1 is 1.11 bits per heavy atom. The summed E-state index contributed by atoms with van der Waals surface area (Å²) in [5, 5.41) is 9.77. The highest BCUT2D eigenvalue weighted by Crippen LogP contribution is 2.22. The van der Waals surface area contributed by atoms with Gasteiger partial charge >= 0.3 is 0 Å². The molecule has 10 heteroatoms. The topological polar surface area (TPSA) is 76.5 Å². The molecule has 0 spiro atoms. The summed E-state index contributed by atoms with van der Waals surface area (Å²) in [4.78, 5) is 33.9. The average molecular weight is 521 g/mol. The van der Waals surface area contributed by atoms with Crippen molar-refractivity contribution in [1.82, 2.24) is 14.7 Å². The molecule has 0 aliphatic rings. The Morgan fingerprint density at radius 3 is 2.28 bits per heavy atom. The van der Waals surface area contributed by atoms with E-state index in [1.54, 1.807) is 43.1 Å². The van der Waals surface area contributed by atoms with E-state index in [1.165, 1.54) is 21.9 Å². The Kier molecular flexibility index (Phi) is 11.5. The lowest BCUT2D eigenvalue weighted by Gasteiger charge is -2.32. The first kappa shape index (κ1) is 28.9. The van der Waals surface area contributed by atoms with Gasteiger partial charge in [0.1, 0.15) is 17.3 Å². The number of rotatable bonds is 14. The van der Waals surface area contributed by atoms with Crippen molar-refractivity contribution in [2.45, 2.75) is 26.3 Å². The standard InChI is InChI=1S/C26H31ClF2N4O3/c1-4-32(18-35)25(30-2)24(26(36)31(3)11-5-13-34)33(17-19-6-8-21(27)9-7-19)12-10-20-14-22(28)16-23(29)15-20/h6-9,14-16,18,34H,2,4-5,10-13,17H2,1,3H3/b25-24+. The van der Waals surface area contributed by atoms with Crippen molar-refractivity contribution in [3.05, 3.63) is 81.8 Å². The number of likely N-dealkylation sites (N-methyl/N-ethyl adjacent to an activating group) is 1. The van der Waals surface area contributed by atoms with Crippen LogP contribution in [0.5, 0.6) is 0 Å². The van der Waals surface area contributed by atoms with E-state index < -0.39 is 17.5 Å². The number of halogens is 3. The highest BCUT2D eigenvalue weighted by Gasteiger charge is 2.28. The van der Waals surface area contributed by atoms with Crippen LogP contribution in [0.4, 0.5) is 8.78 Å². The molecule has 7 nitrogen and oxygen atoms in total. The Bertz CT molecular complexity index is 1060. The van der Waals surface area contributed by atoms with Crippen molar-refractivity contribution < 1.29 is 23.5 Å². The maximum Gasteiger partial charge on any atom is 0.273 e. The van der Waals surface area contributed by atoms with Gasteiger partial charge in [-0.1, -0.05) is 23.7 Å². The normalized spacial score (nSPS) is 11.5. The first-order chi connectivity index (χ1) is 17.2. The van der Waals surface area contributed by atoms with Crippen LogP contribution in [-0.2, 0) is 22.6 Å². The number of hydrogen-bond donors (Lipinski definition) is 1. The molecule has 0 bridgehead atoms. The molecule has 2 rings (SSSR count). The van der Waals surface area contributed by atoms with Crippen molar-refractivity contribution in [2.75, 3.05) is 33.3 Å². The molecule has 0 aromatic heterocycles. The fourth-order valence-electron chi connectivity index (χ4n) is 3.64. The number of benzene rings is 2. The maximum atomic E-state index is 13.8. The summed E-state index contributed by atoms with van der Waals surface area (Å²) in [6.45, 7) is 6.11. The predicted molar refractivity (Wildman–Crippen MR) is 136 cm³/mol. The van der Waals surface area contributed by atoms with Gasteiger partial charge in [-0.3, -0.25) is 14.5 Å². The SMILES string of the molecule is C=N/C(=C(/C(=O)N(C)CCCO)N(CCc1cc(F)cc(F)c1)Cc1ccc(Cl)cc1)N(C=O)CC. The molecule has 2 aromatic carbocycles. The molecule has 0 unspecified atom stereocenters. The largest absolute Gasteiger partial charge is 0.396 e. The molecule has 0 radical (unpaired) electrons. The van der Waals surface area contributed by atoms with E-state index in [0.717, 1.165) is 11.6 Å². The Labute approximate surface area is 215 Å². The second kappa shape index (κ2) is 14.3. The number of carbonyl (C=O) groups excluding carboxylic acids is 2. The van der Waals surface area contributed by atoms with E-state index in [1.807, 2.05) is 0 Å². The summed E-state index contributed by atoms with van der Waals surface area (Å²) in [5.74, 6) is -1.77. The quantitative estimate of drug-likeness (QED) is 0.233. The second-order valence-corrected chi connectivity index (χ2v) is 8.54. The van der Waals surface area contributed by atoms with Gasteiger partial charge in [-0.15, -0.1) is 0 Å². The van der Waals surface area contributed by atoms with Crippen LogP contribution < -0.4 is 0 Å². The number of aliphatic imine (C=N–C) groups is 1. The summed E-state index contributed by atoms with van der Waals surface area (Å²) in [7, 11) is 1.58. The van der Waals surface area contributed by atoms with Crippen molar-refractivity contribution >= 4 is 30.6 Å². The third-order valence-corrected chi connectivity index (χ3v) is 5.75. The van der Waals surface area contributed by atoms with Gasteiger partial charge < -0.3 is 14.9 Å². The maximum absolute atomic E-state index is 13.8. The van der Waals surface area contributed by atoms with Crippen LogP contribution in [0.25, 0.3) is 0 Å². The first-order valence-corrected chi connectivity index (χ1v) is 11.8. The number of hydrogen-bond acceptors (Lipinski definition) is 5. The molecular weight excluding hydrogens is 490 g/mol. The molecule has 36 heavy (non-hydrogen) atoms. The summed E-state index contributed by atoms with van der Waals surface area (Å²) >= 11 is 6.03. The molecule has 1 N–H and O–H groups in total. The highest BCUT2D eigenvalue weighted by atomic mass is 35.5. The van der Waals surface area contributed by atoms with E-state index in [0.29, 0.717) is 23.4 Å².